The van der Waals surface area contributed by atoms with E-state index in [0.717, 1.165) is 0 Å². The number of benzene rings is 1. The van der Waals surface area contributed by atoms with Crippen LogP contribution < -0.4 is 0 Å². The summed E-state index contributed by atoms with van der Waals surface area (Å²) in [5, 5.41) is 11.2. The molecule has 0 spiro atoms. The van der Waals surface area contributed by atoms with Crippen LogP contribution in [0.5, 0.6) is 0 Å². The number of rotatable bonds is 5. The maximum Gasteiger partial charge on any atom is 0.317 e. The predicted octanol–water partition coefficient (Wildman–Crippen LogP) is 2.51. The number of hydrogen-bond acceptors (Lipinski definition) is 6. The van der Waals surface area contributed by atoms with Crippen molar-refractivity contribution < 1.29 is 29.0 Å². The molecule has 2 rings (SSSR count). The van der Waals surface area contributed by atoms with Gasteiger partial charge in [-0.25, -0.2) is 0 Å². The van der Waals surface area contributed by atoms with E-state index in [0.29, 0.717) is 10.6 Å². The summed E-state index contributed by atoms with van der Waals surface area (Å²) in [4.78, 5) is 37.8. The molecule has 0 amide bonds. The Morgan fingerprint density at radius 1 is 1.23 bits per heavy atom. The third-order valence-corrected chi connectivity index (χ3v) is 4.82. The molecule has 0 aromatic heterocycles. The molecule has 6 nitrogen and oxygen atoms in total. The average Bonchev–Trinajstić information content (AvgIpc) is 2.53. The van der Waals surface area contributed by atoms with E-state index < -0.39 is 41.1 Å². The maximum atomic E-state index is 12.7. The molecule has 0 bridgehead atoms. The Balaban J connectivity index is 2.61. The summed E-state index contributed by atoms with van der Waals surface area (Å²) in [6.07, 6.45) is -0.336. The van der Waals surface area contributed by atoms with Crippen LogP contribution in [0.15, 0.2) is 24.3 Å². The average molecular weight is 383 g/mol. The first-order valence-corrected chi connectivity index (χ1v) is 8.94. The molecule has 1 aromatic rings. The van der Waals surface area contributed by atoms with Gasteiger partial charge >= 0.3 is 11.9 Å². The van der Waals surface area contributed by atoms with Crippen molar-refractivity contribution in [2.45, 2.75) is 38.7 Å². The van der Waals surface area contributed by atoms with E-state index in [4.69, 9.17) is 21.1 Å². The van der Waals surface area contributed by atoms with Crippen molar-refractivity contribution in [3.05, 3.63) is 34.9 Å². The maximum absolute atomic E-state index is 12.7. The standard InChI is InChI=1S/C19H23ClO6/c1-4-25-17(22)15-13(21)10-19(3,24)16(18(23)26-5-2)14(15)11-7-6-8-12(20)9-11/h6-9,14-16,24H,4-5,10H2,1-3H3/t14-,15-,16+,19-/m0/s1. The highest BCUT2D eigenvalue weighted by Gasteiger charge is 2.57. The molecule has 1 aromatic carbocycles. The van der Waals surface area contributed by atoms with Crippen LogP contribution in [0.25, 0.3) is 0 Å². The number of hydrogen-bond donors (Lipinski definition) is 1. The van der Waals surface area contributed by atoms with E-state index in [1.165, 1.54) is 6.92 Å². The highest BCUT2D eigenvalue weighted by molar-refractivity contribution is 6.30. The number of esters is 2. The monoisotopic (exact) mass is 382 g/mol. The fourth-order valence-electron chi connectivity index (χ4n) is 3.59. The lowest BCUT2D eigenvalue weighted by atomic mass is 9.62. The van der Waals surface area contributed by atoms with Gasteiger partial charge in [0.05, 0.1) is 24.7 Å². The largest absolute Gasteiger partial charge is 0.466 e. The minimum atomic E-state index is -1.65. The van der Waals surface area contributed by atoms with Gasteiger partial charge < -0.3 is 14.6 Å². The van der Waals surface area contributed by atoms with Gasteiger partial charge in [0.15, 0.2) is 5.78 Å². The normalized spacial score (nSPS) is 28.5. The molecule has 1 aliphatic rings. The van der Waals surface area contributed by atoms with Gasteiger partial charge in [-0.3, -0.25) is 14.4 Å². The molecule has 0 aliphatic heterocycles. The first-order chi connectivity index (χ1) is 12.2. The SMILES string of the molecule is CCOC(=O)[C@H]1C(=O)C[C@](C)(O)[C@@H](C(=O)OCC)[C@H]1c1cccc(Cl)c1. The summed E-state index contributed by atoms with van der Waals surface area (Å²) in [5.41, 5.74) is -1.15. The fraction of sp³-hybridized carbons (Fsp3) is 0.526. The molecule has 1 aliphatic carbocycles. The van der Waals surface area contributed by atoms with Crippen LogP contribution in [0.1, 0.15) is 38.7 Å². The van der Waals surface area contributed by atoms with Gasteiger partial charge in [0.1, 0.15) is 5.92 Å². The molecule has 4 atom stereocenters. The second-order valence-electron chi connectivity index (χ2n) is 6.54. The molecular formula is C19H23ClO6. The number of carbonyl (C=O) groups excluding carboxylic acids is 3. The van der Waals surface area contributed by atoms with E-state index in [1.807, 2.05) is 0 Å². The fourth-order valence-corrected chi connectivity index (χ4v) is 3.79. The highest BCUT2D eigenvalue weighted by Crippen LogP contribution is 2.47. The highest BCUT2D eigenvalue weighted by atomic mass is 35.5. The first-order valence-electron chi connectivity index (χ1n) is 8.56. The quantitative estimate of drug-likeness (QED) is 0.621. The van der Waals surface area contributed by atoms with E-state index in [-0.39, 0.29) is 19.6 Å². The van der Waals surface area contributed by atoms with Crippen LogP contribution in [0, 0.1) is 11.8 Å². The predicted molar refractivity (Wildman–Crippen MR) is 94.7 cm³/mol. The lowest BCUT2D eigenvalue weighted by Crippen LogP contribution is -2.55. The number of carbonyl (C=O) groups is 3. The Morgan fingerprint density at radius 3 is 2.42 bits per heavy atom. The molecule has 26 heavy (non-hydrogen) atoms. The Labute approximate surface area is 157 Å². The third-order valence-electron chi connectivity index (χ3n) is 4.58. The molecule has 0 unspecified atom stereocenters. The van der Waals surface area contributed by atoms with Gasteiger partial charge in [0, 0.05) is 17.4 Å². The minimum absolute atomic E-state index is 0.103. The van der Waals surface area contributed by atoms with E-state index in [1.54, 1.807) is 38.1 Å². The van der Waals surface area contributed by atoms with Crippen LogP contribution in [0.3, 0.4) is 0 Å². The summed E-state index contributed by atoms with van der Waals surface area (Å²) in [5.74, 6) is -5.09. The summed E-state index contributed by atoms with van der Waals surface area (Å²) in [6.45, 7) is 4.92. The molecule has 142 valence electrons. The molecule has 1 saturated carbocycles. The number of Topliss-reactive ketones (excluding diaryl/α,β-unsaturated/α-hetero) is 1. The number of ketones is 1. The zero-order chi connectivity index (χ0) is 19.5. The lowest BCUT2D eigenvalue weighted by molar-refractivity contribution is -0.172. The lowest BCUT2D eigenvalue weighted by Gasteiger charge is -2.43. The van der Waals surface area contributed by atoms with E-state index in [2.05, 4.69) is 0 Å². The van der Waals surface area contributed by atoms with Crippen LogP contribution in [-0.4, -0.2) is 41.6 Å². The summed E-state index contributed by atoms with van der Waals surface area (Å²) in [6, 6.07) is 6.56. The summed E-state index contributed by atoms with van der Waals surface area (Å²) >= 11 is 6.07. The Morgan fingerprint density at radius 2 is 1.85 bits per heavy atom. The van der Waals surface area contributed by atoms with Crippen LogP contribution in [0.4, 0.5) is 0 Å². The zero-order valence-corrected chi connectivity index (χ0v) is 15.8. The molecule has 0 heterocycles. The van der Waals surface area contributed by atoms with Crippen LogP contribution >= 0.6 is 11.6 Å². The second-order valence-corrected chi connectivity index (χ2v) is 6.98. The first kappa shape index (κ1) is 20.4. The van der Waals surface area contributed by atoms with Crippen molar-refractivity contribution in [3.8, 4) is 0 Å². The Kier molecular flexibility index (Phi) is 6.42. The van der Waals surface area contributed by atoms with Crippen molar-refractivity contribution in [2.24, 2.45) is 11.8 Å². The zero-order valence-electron chi connectivity index (χ0n) is 15.0. The van der Waals surface area contributed by atoms with Crippen molar-refractivity contribution in [3.63, 3.8) is 0 Å². The van der Waals surface area contributed by atoms with Crippen molar-refractivity contribution in [1.82, 2.24) is 0 Å². The minimum Gasteiger partial charge on any atom is -0.466 e. The number of ether oxygens (including phenoxy) is 2. The van der Waals surface area contributed by atoms with Crippen LogP contribution in [0.2, 0.25) is 5.02 Å². The van der Waals surface area contributed by atoms with Gasteiger partial charge in [-0.2, -0.15) is 0 Å². The molecule has 1 fully saturated rings. The summed E-state index contributed by atoms with van der Waals surface area (Å²) in [7, 11) is 0. The van der Waals surface area contributed by atoms with E-state index in [9.17, 15) is 19.5 Å². The number of aliphatic hydroxyl groups is 1. The van der Waals surface area contributed by atoms with Crippen molar-refractivity contribution in [1.29, 1.82) is 0 Å². The van der Waals surface area contributed by atoms with Gasteiger partial charge in [0.25, 0.3) is 0 Å². The second kappa shape index (κ2) is 8.18. The Bertz CT molecular complexity index is 699. The summed E-state index contributed by atoms with van der Waals surface area (Å²) < 4.78 is 10.2. The molecule has 7 heteroatoms. The van der Waals surface area contributed by atoms with Crippen molar-refractivity contribution in [2.75, 3.05) is 13.2 Å². The molecule has 0 radical (unpaired) electrons. The van der Waals surface area contributed by atoms with Crippen LogP contribution in [-0.2, 0) is 23.9 Å². The van der Waals surface area contributed by atoms with Gasteiger partial charge in [0.2, 0.25) is 0 Å². The van der Waals surface area contributed by atoms with Gasteiger partial charge in [-0.05, 0) is 38.5 Å². The number of halogens is 1. The molecule has 1 N–H and O–H groups in total. The Hall–Kier alpha value is -1.92. The van der Waals surface area contributed by atoms with Gasteiger partial charge in [-0.15, -0.1) is 0 Å². The van der Waals surface area contributed by atoms with Gasteiger partial charge in [-0.1, -0.05) is 23.7 Å². The molecular weight excluding hydrogens is 360 g/mol. The topological polar surface area (TPSA) is 89.9 Å². The third kappa shape index (κ3) is 4.07. The molecule has 0 saturated heterocycles. The smallest absolute Gasteiger partial charge is 0.317 e. The van der Waals surface area contributed by atoms with E-state index >= 15 is 0 Å². The van der Waals surface area contributed by atoms with Crippen molar-refractivity contribution >= 4 is 29.3 Å².